The highest BCUT2D eigenvalue weighted by Crippen LogP contribution is 2.27. The third-order valence-electron chi connectivity index (χ3n) is 4.89. The predicted molar refractivity (Wildman–Crippen MR) is 96.3 cm³/mol. The molecule has 0 aromatic heterocycles. The number of hydrogen-bond acceptors (Lipinski definition) is 5. The van der Waals surface area contributed by atoms with Gasteiger partial charge in [-0.25, -0.2) is 12.8 Å². The molecular weight excluding hydrogens is 359 g/mol. The van der Waals surface area contributed by atoms with Crippen molar-refractivity contribution in [2.45, 2.75) is 37.1 Å². The third-order valence-corrected chi connectivity index (χ3v) is 6.84. The standard InChI is InChI=1S/C18H27FN2O4S/c1-2-8-21(15-5-7-20-11-15)26(22,23)16-3-4-18(17(19)10-16)25-13-14-6-9-24-12-14/h3-4,10,14-15,20H,2,5-9,11-13H2,1H3. The lowest BCUT2D eigenvalue weighted by Gasteiger charge is -2.27. The van der Waals surface area contributed by atoms with Crippen LogP contribution in [0.5, 0.6) is 5.75 Å². The van der Waals surface area contributed by atoms with Crippen molar-refractivity contribution in [2.75, 3.05) is 39.5 Å². The topological polar surface area (TPSA) is 67.9 Å². The van der Waals surface area contributed by atoms with E-state index in [1.165, 1.54) is 16.4 Å². The van der Waals surface area contributed by atoms with E-state index in [0.717, 1.165) is 25.5 Å². The van der Waals surface area contributed by atoms with Gasteiger partial charge >= 0.3 is 0 Å². The van der Waals surface area contributed by atoms with E-state index in [2.05, 4.69) is 5.32 Å². The van der Waals surface area contributed by atoms with Gasteiger partial charge in [0.15, 0.2) is 11.6 Å². The molecule has 0 bridgehead atoms. The molecule has 6 nitrogen and oxygen atoms in total. The van der Waals surface area contributed by atoms with Crippen molar-refractivity contribution < 1.29 is 22.3 Å². The molecule has 26 heavy (non-hydrogen) atoms. The zero-order valence-corrected chi connectivity index (χ0v) is 15.9. The molecule has 0 amide bonds. The van der Waals surface area contributed by atoms with Crippen molar-refractivity contribution >= 4 is 10.0 Å². The second-order valence-electron chi connectivity index (χ2n) is 6.90. The Morgan fingerprint density at radius 1 is 1.38 bits per heavy atom. The predicted octanol–water partition coefficient (Wildman–Crippen LogP) is 2.00. The van der Waals surface area contributed by atoms with Gasteiger partial charge in [-0.3, -0.25) is 0 Å². The van der Waals surface area contributed by atoms with Crippen molar-refractivity contribution in [2.24, 2.45) is 5.92 Å². The number of halogens is 1. The molecule has 2 aliphatic heterocycles. The summed E-state index contributed by atoms with van der Waals surface area (Å²) in [5, 5.41) is 3.19. The molecule has 2 atom stereocenters. The largest absolute Gasteiger partial charge is 0.490 e. The molecule has 0 radical (unpaired) electrons. The molecule has 0 spiro atoms. The SMILES string of the molecule is CCCN(C1CCNC1)S(=O)(=O)c1ccc(OCC2CCOC2)c(F)c1. The first-order chi connectivity index (χ1) is 12.5. The van der Waals surface area contributed by atoms with Crippen LogP contribution in [0.1, 0.15) is 26.2 Å². The van der Waals surface area contributed by atoms with Crippen LogP contribution in [0.25, 0.3) is 0 Å². The van der Waals surface area contributed by atoms with Gasteiger partial charge in [0.2, 0.25) is 10.0 Å². The van der Waals surface area contributed by atoms with E-state index in [0.29, 0.717) is 39.3 Å². The molecule has 1 aromatic rings. The Kier molecular flexibility index (Phi) is 6.50. The van der Waals surface area contributed by atoms with E-state index in [-0.39, 0.29) is 22.6 Å². The number of nitrogens with zero attached hydrogens (tertiary/aromatic N) is 1. The first-order valence-corrected chi connectivity index (χ1v) is 10.7. The molecule has 0 saturated carbocycles. The minimum absolute atomic E-state index is 0.0214. The van der Waals surface area contributed by atoms with Gasteiger partial charge < -0.3 is 14.8 Å². The maximum atomic E-state index is 14.4. The lowest BCUT2D eigenvalue weighted by Crippen LogP contribution is -2.42. The second-order valence-corrected chi connectivity index (χ2v) is 8.79. The van der Waals surface area contributed by atoms with Gasteiger partial charge in [0, 0.05) is 31.7 Å². The zero-order chi connectivity index (χ0) is 18.6. The summed E-state index contributed by atoms with van der Waals surface area (Å²) < 4.78 is 52.8. The zero-order valence-electron chi connectivity index (χ0n) is 15.1. The molecule has 2 heterocycles. The van der Waals surface area contributed by atoms with Crippen LogP contribution in [0.2, 0.25) is 0 Å². The molecule has 2 fully saturated rings. The van der Waals surface area contributed by atoms with E-state index in [1.54, 1.807) is 0 Å². The van der Waals surface area contributed by atoms with E-state index in [4.69, 9.17) is 9.47 Å². The molecule has 8 heteroatoms. The molecule has 1 aromatic carbocycles. The van der Waals surface area contributed by atoms with Crippen LogP contribution in [-0.2, 0) is 14.8 Å². The van der Waals surface area contributed by atoms with Gasteiger partial charge in [-0.2, -0.15) is 4.31 Å². The fraction of sp³-hybridized carbons (Fsp3) is 0.667. The first kappa shape index (κ1) is 19.5. The second kappa shape index (κ2) is 8.65. The molecule has 2 unspecified atom stereocenters. The van der Waals surface area contributed by atoms with Crippen molar-refractivity contribution in [3.63, 3.8) is 0 Å². The van der Waals surface area contributed by atoms with Gasteiger partial charge in [0.05, 0.1) is 18.1 Å². The van der Waals surface area contributed by atoms with Gasteiger partial charge in [0.25, 0.3) is 0 Å². The maximum Gasteiger partial charge on any atom is 0.243 e. The van der Waals surface area contributed by atoms with Crippen LogP contribution in [-0.4, -0.2) is 58.2 Å². The number of nitrogens with one attached hydrogen (secondary N) is 1. The summed E-state index contributed by atoms with van der Waals surface area (Å²) in [6.07, 6.45) is 2.38. The summed E-state index contributed by atoms with van der Waals surface area (Å²) in [6, 6.07) is 3.83. The van der Waals surface area contributed by atoms with Gasteiger partial charge in [-0.1, -0.05) is 6.92 Å². The van der Waals surface area contributed by atoms with E-state index in [9.17, 15) is 12.8 Å². The minimum atomic E-state index is -3.74. The van der Waals surface area contributed by atoms with E-state index >= 15 is 0 Å². The highest BCUT2D eigenvalue weighted by molar-refractivity contribution is 7.89. The summed E-state index contributed by atoms with van der Waals surface area (Å²) in [6.45, 7) is 5.50. The van der Waals surface area contributed by atoms with Crippen LogP contribution >= 0.6 is 0 Å². The van der Waals surface area contributed by atoms with Gasteiger partial charge in [0.1, 0.15) is 0 Å². The van der Waals surface area contributed by atoms with Crippen molar-refractivity contribution in [3.8, 4) is 5.75 Å². The monoisotopic (exact) mass is 386 g/mol. The third kappa shape index (κ3) is 4.36. The van der Waals surface area contributed by atoms with Gasteiger partial charge in [-0.05, 0) is 44.0 Å². The van der Waals surface area contributed by atoms with E-state index < -0.39 is 15.8 Å². The average Bonchev–Trinajstić information content (AvgIpc) is 3.32. The molecule has 1 N–H and O–H groups in total. The molecule has 2 aliphatic rings. The number of sulfonamides is 1. The Morgan fingerprint density at radius 3 is 2.85 bits per heavy atom. The lowest BCUT2D eigenvalue weighted by atomic mass is 10.1. The number of hydrogen-bond donors (Lipinski definition) is 1. The fourth-order valence-corrected chi connectivity index (χ4v) is 5.18. The summed E-state index contributed by atoms with van der Waals surface area (Å²) in [5.74, 6) is -0.306. The van der Waals surface area contributed by atoms with E-state index in [1.807, 2.05) is 6.92 Å². The average molecular weight is 386 g/mol. The number of benzene rings is 1. The highest BCUT2D eigenvalue weighted by Gasteiger charge is 2.33. The van der Waals surface area contributed by atoms with Crippen molar-refractivity contribution in [1.29, 1.82) is 0 Å². The fourth-order valence-electron chi connectivity index (χ4n) is 3.42. The van der Waals surface area contributed by atoms with Crippen molar-refractivity contribution in [1.82, 2.24) is 9.62 Å². The summed E-state index contributed by atoms with van der Waals surface area (Å²) in [7, 11) is -3.74. The Bertz CT molecular complexity index is 701. The van der Waals surface area contributed by atoms with Crippen LogP contribution in [0, 0.1) is 11.7 Å². The van der Waals surface area contributed by atoms with Crippen LogP contribution < -0.4 is 10.1 Å². The van der Waals surface area contributed by atoms with Crippen LogP contribution in [0.15, 0.2) is 23.1 Å². The summed E-state index contributed by atoms with van der Waals surface area (Å²) in [4.78, 5) is -0.0214. The highest BCUT2D eigenvalue weighted by atomic mass is 32.2. The Hall–Kier alpha value is -1.22. The molecule has 2 saturated heterocycles. The minimum Gasteiger partial charge on any atom is -0.490 e. The molecular formula is C18H27FN2O4S. The van der Waals surface area contributed by atoms with Crippen LogP contribution in [0.4, 0.5) is 4.39 Å². The van der Waals surface area contributed by atoms with Gasteiger partial charge in [-0.15, -0.1) is 0 Å². The van der Waals surface area contributed by atoms with Crippen LogP contribution in [0.3, 0.4) is 0 Å². The number of rotatable bonds is 8. The first-order valence-electron chi connectivity index (χ1n) is 9.25. The molecule has 0 aliphatic carbocycles. The lowest BCUT2D eigenvalue weighted by molar-refractivity contribution is 0.165. The normalized spacial score (nSPS) is 23.7. The quantitative estimate of drug-likeness (QED) is 0.740. The Labute approximate surface area is 154 Å². The number of ether oxygens (including phenoxy) is 2. The summed E-state index contributed by atoms with van der Waals surface area (Å²) in [5.41, 5.74) is 0. The summed E-state index contributed by atoms with van der Waals surface area (Å²) >= 11 is 0. The maximum absolute atomic E-state index is 14.4. The van der Waals surface area contributed by atoms with Crippen molar-refractivity contribution in [3.05, 3.63) is 24.0 Å². The molecule has 146 valence electrons. The molecule has 3 rings (SSSR count). The Morgan fingerprint density at radius 2 is 2.23 bits per heavy atom. The smallest absolute Gasteiger partial charge is 0.243 e. The Balaban J connectivity index is 1.74.